The zero-order chi connectivity index (χ0) is 6.00. The second kappa shape index (κ2) is 14800. The third-order valence-electron chi connectivity index (χ3n) is 0. The van der Waals surface area contributed by atoms with Crippen LogP contribution < -0.4 is 0 Å². The Bertz CT molecular complexity index is 19.3. The molecule has 4 nitrogen and oxygen atoms in total. The molecule has 0 fully saturated rings. The average Bonchev–Trinajstić information content (AvgIpc) is 1.81. The van der Waals surface area contributed by atoms with E-state index in [0.29, 0.717) is 0 Å². The Morgan fingerprint density at radius 2 is 0.364 bits per heavy atom. The van der Waals surface area contributed by atoms with Crippen molar-refractivity contribution in [1.82, 2.24) is 0 Å². The minimum absolute atomic E-state index is 0. The summed E-state index contributed by atoms with van der Waals surface area (Å²) in [4.78, 5) is 0. The summed E-state index contributed by atoms with van der Waals surface area (Å²) in [6.45, 7) is 18.0. The van der Waals surface area contributed by atoms with Crippen molar-refractivity contribution in [1.29, 1.82) is 0 Å². The van der Waals surface area contributed by atoms with Gasteiger partial charge in [0.05, 0.1) is 0 Å². The van der Waals surface area contributed by atoms with Crippen LogP contribution in [0, 0.1) is 0 Å². The minimum atomic E-state index is 0. The van der Waals surface area contributed by atoms with Gasteiger partial charge in [0.1, 0.15) is 0 Å². The van der Waals surface area contributed by atoms with Gasteiger partial charge in [-0.05, 0) is 0 Å². The van der Waals surface area contributed by atoms with Crippen molar-refractivity contribution in [2.24, 2.45) is 0 Å². The van der Waals surface area contributed by atoms with Gasteiger partial charge in [-0.25, -0.2) is 0 Å². The largest absolute Gasteiger partial charge is 0.412 e. The Morgan fingerprint density at radius 1 is 0.364 bits per heavy atom. The minimum Gasteiger partial charge on any atom is -0.412 e. The first kappa shape index (κ1) is 134. The molecular weight excluding hydrogens is 184 g/mol. The summed E-state index contributed by atoms with van der Waals surface area (Å²) in [6, 6.07) is 0. The smallest absolute Gasteiger partial charge is 0 e. The molecule has 0 aromatic heterocycles. The van der Waals surface area contributed by atoms with Gasteiger partial charge in [0, 0.05) is 21.7 Å². The predicted octanol–water partition coefficient (Wildman–Crippen LogP) is -0.895. The van der Waals surface area contributed by atoms with Crippen LogP contribution in [0.5, 0.6) is 0 Å². The Balaban J connectivity index is -0.00000000167. The summed E-state index contributed by atoms with van der Waals surface area (Å²) < 4.78 is 0. The van der Waals surface area contributed by atoms with Crippen molar-refractivity contribution >= 4 is 0 Å². The quantitative estimate of drug-likeness (QED) is 0.358. The maximum Gasteiger partial charge on any atom is 0 e. The number of rotatable bonds is 0. The fourth-order valence-corrected chi connectivity index (χ4v) is 0. The predicted molar refractivity (Wildman–Crippen MR) is 48.2 cm³/mol. The van der Waals surface area contributed by atoms with Gasteiger partial charge in [-0.2, -0.15) is 0 Å². The van der Waals surface area contributed by atoms with E-state index in [1.165, 1.54) is 0 Å². The maximum atomic E-state index is 3.00. The van der Waals surface area contributed by atoms with E-state index in [1.54, 1.807) is 0 Å². The molecule has 0 saturated heterocycles. The fraction of sp³-hybridized carbons (Fsp3) is 0. The van der Waals surface area contributed by atoms with Crippen molar-refractivity contribution in [3.63, 3.8) is 0 Å². The van der Waals surface area contributed by atoms with Crippen LogP contribution in [-0.4, -0.2) is 21.9 Å². The SMILES string of the molecule is C=C.C=C.C=C.O.O.O.O.[Ti]. The third kappa shape index (κ3) is 11600. The molecule has 0 saturated carbocycles. The molecule has 0 aliphatic carbocycles. The van der Waals surface area contributed by atoms with E-state index in [-0.39, 0.29) is 43.6 Å². The fourth-order valence-electron chi connectivity index (χ4n) is 0. The number of hydrogen-bond acceptors (Lipinski definition) is 0. The van der Waals surface area contributed by atoms with Gasteiger partial charge in [-0.15, -0.1) is 39.5 Å². The van der Waals surface area contributed by atoms with Gasteiger partial charge >= 0.3 is 0 Å². The van der Waals surface area contributed by atoms with E-state index < -0.39 is 0 Å². The molecule has 0 radical (unpaired) electrons. The zero-order valence-electron chi connectivity index (χ0n) is 6.74. The molecule has 0 rings (SSSR count). The molecule has 0 spiro atoms. The topological polar surface area (TPSA) is 126 Å². The normalized spacial score (nSPS) is 1.09. The van der Waals surface area contributed by atoms with Crippen molar-refractivity contribution < 1.29 is 43.6 Å². The van der Waals surface area contributed by atoms with Crippen LogP contribution in [0.3, 0.4) is 0 Å². The summed E-state index contributed by atoms with van der Waals surface area (Å²) in [5, 5.41) is 0. The van der Waals surface area contributed by atoms with E-state index in [9.17, 15) is 0 Å². The van der Waals surface area contributed by atoms with E-state index in [1.807, 2.05) is 0 Å². The van der Waals surface area contributed by atoms with Crippen LogP contribution in [0.15, 0.2) is 39.5 Å². The van der Waals surface area contributed by atoms with Gasteiger partial charge in [0.15, 0.2) is 0 Å². The molecule has 0 aliphatic rings. The molecular formula is C6H20O4Ti. The molecule has 0 amide bonds. The van der Waals surface area contributed by atoms with E-state index >= 15 is 0 Å². The Labute approximate surface area is 83.4 Å². The third-order valence-corrected chi connectivity index (χ3v) is 0. The van der Waals surface area contributed by atoms with Crippen LogP contribution in [0.1, 0.15) is 0 Å². The second-order valence-electron chi connectivity index (χ2n) is 0. The average molecular weight is 204 g/mol. The van der Waals surface area contributed by atoms with Gasteiger partial charge in [-0.3, -0.25) is 0 Å². The standard InChI is InChI=1S/3C2H4.4H2O.Ti/c3*1-2;;;;;/h3*1-2H2;4*1H2;. The van der Waals surface area contributed by atoms with Crippen LogP contribution in [0.4, 0.5) is 0 Å². The van der Waals surface area contributed by atoms with Crippen molar-refractivity contribution in [2.45, 2.75) is 0 Å². The first-order valence-corrected chi connectivity index (χ1v) is 1.50. The first-order chi connectivity index (χ1) is 3.00. The van der Waals surface area contributed by atoms with Crippen molar-refractivity contribution in [2.75, 3.05) is 0 Å². The molecule has 5 heteroatoms. The monoisotopic (exact) mass is 204 g/mol. The Morgan fingerprint density at radius 3 is 0.364 bits per heavy atom. The zero-order valence-corrected chi connectivity index (χ0v) is 8.30. The summed E-state index contributed by atoms with van der Waals surface area (Å²) in [5.74, 6) is 0. The Hall–Kier alpha value is -0.226. The number of hydrogen-bond donors (Lipinski definition) is 0. The first-order valence-electron chi connectivity index (χ1n) is 1.50. The molecule has 0 aromatic carbocycles. The van der Waals surface area contributed by atoms with Crippen molar-refractivity contribution in [3.05, 3.63) is 39.5 Å². The van der Waals surface area contributed by atoms with Gasteiger partial charge < -0.3 is 21.9 Å². The van der Waals surface area contributed by atoms with E-state index in [0.717, 1.165) is 0 Å². The second-order valence-corrected chi connectivity index (χ2v) is 0. The summed E-state index contributed by atoms with van der Waals surface area (Å²) in [5.41, 5.74) is 0. The van der Waals surface area contributed by atoms with Gasteiger partial charge in [-0.1, -0.05) is 0 Å². The molecule has 11 heavy (non-hydrogen) atoms. The Kier molecular flexibility index (Phi) is 180000. The summed E-state index contributed by atoms with van der Waals surface area (Å²) in [7, 11) is 0. The van der Waals surface area contributed by atoms with E-state index in [4.69, 9.17) is 0 Å². The molecule has 72 valence electrons. The molecule has 0 unspecified atom stereocenters. The molecule has 0 heterocycles. The van der Waals surface area contributed by atoms with Gasteiger partial charge in [0.25, 0.3) is 0 Å². The molecule has 0 aliphatic heterocycles. The maximum absolute atomic E-state index is 3.00. The van der Waals surface area contributed by atoms with Crippen molar-refractivity contribution in [3.8, 4) is 0 Å². The molecule has 8 N–H and O–H groups in total. The molecule has 0 bridgehead atoms. The van der Waals surface area contributed by atoms with Crippen LogP contribution in [-0.2, 0) is 21.7 Å². The molecule has 0 atom stereocenters. The van der Waals surface area contributed by atoms with E-state index in [2.05, 4.69) is 39.5 Å². The summed E-state index contributed by atoms with van der Waals surface area (Å²) in [6.07, 6.45) is 0. The van der Waals surface area contributed by atoms with Crippen LogP contribution in [0.25, 0.3) is 0 Å². The summed E-state index contributed by atoms with van der Waals surface area (Å²) >= 11 is 0. The van der Waals surface area contributed by atoms with Crippen LogP contribution >= 0.6 is 0 Å². The molecule has 0 aromatic rings. The van der Waals surface area contributed by atoms with Gasteiger partial charge in [0.2, 0.25) is 0 Å². The van der Waals surface area contributed by atoms with Crippen LogP contribution in [0.2, 0.25) is 0 Å².